The van der Waals surface area contributed by atoms with E-state index in [1.54, 1.807) is 21.0 Å². The number of methoxy groups -OCH3 is 1. The van der Waals surface area contributed by atoms with Gasteiger partial charge >= 0.3 is 0 Å². The summed E-state index contributed by atoms with van der Waals surface area (Å²) in [5.74, 6) is 0.909. The van der Waals surface area contributed by atoms with E-state index in [1.807, 2.05) is 19.1 Å². The van der Waals surface area contributed by atoms with Crippen LogP contribution in [-0.2, 0) is 6.54 Å². The van der Waals surface area contributed by atoms with Crippen molar-refractivity contribution in [1.29, 1.82) is 0 Å². The SMILES string of the molecule is COc1ccc(CNCC(C)(C)O)cc1C. The minimum absolute atomic E-state index is 0.581. The molecule has 0 heterocycles. The first-order valence-electron chi connectivity index (χ1n) is 5.49. The van der Waals surface area contributed by atoms with Crippen molar-refractivity contribution in [3.8, 4) is 5.75 Å². The van der Waals surface area contributed by atoms with Gasteiger partial charge in [0.1, 0.15) is 5.75 Å². The molecule has 0 bridgehead atoms. The molecule has 0 aliphatic rings. The Bertz CT molecular complexity index is 342. The lowest BCUT2D eigenvalue weighted by Gasteiger charge is -2.17. The fourth-order valence-corrected chi connectivity index (χ4v) is 1.56. The number of benzene rings is 1. The Hall–Kier alpha value is -1.06. The molecule has 1 aromatic rings. The van der Waals surface area contributed by atoms with Crippen LogP contribution in [0.4, 0.5) is 0 Å². The number of hydrogen-bond acceptors (Lipinski definition) is 3. The van der Waals surface area contributed by atoms with Crippen LogP contribution in [0.15, 0.2) is 18.2 Å². The number of aryl methyl sites for hydroxylation is 1. The lowest BCUT2D eigenvalue weighted by atomic mass is 10.1. The van der Waals surface area contributed by atoms with Crippen LogP contribution in [0.5, 0.6) is 5.75 Å². The first-order chi connectivity index (χ1) is 7.42. The van der Waals surface area contributed by atoms with Crippen molar-refractivity contribution < 1.29 is 9.84 Å². The van der Waals surface area contributed by atoms with Gasteiger partial charge in [-0.2, -0.15) is 0 Å². The Balaban J connectivity index is 2.52. The molecule has 0 unspecified atom stereocenters. The number of rotatable bonds is 5. The van der Waals surface area contributed by atoms with Gasteiger partial charge in [-0.1, -0.05) is 12.1 Å². The van der Waals surface area contributed by atoms with E-state index in [0.29, 0.717) is 6.54 Å². The van der Waals surface area contributed by atoms with Crippen LogP contribution in [0, 0.1) is 6.92 Å². The first kappa shape index (κ1) is 13.0. The van der Waals surface area contributed by atoms with Crippen molar-refractivity contribution in [2.45, 2.75) is 32.9 Å². The Morgan fingerprint density at radius 2 is 2.06 bits per heavy atom. The van der Waals surface area contributed by atoms with Gasteiger partial charge < -0.3 is 15.2 Å². The maximum atomic E-state index is 9.55. The normalized spacial score (nSPS) is 11.6. The lowest BCUT2D eigenvalue weighted by molar-refractivity contribution is 0.0795. The van der Waals surface area contributed by atoms with Gasteiger partial charge in [0.15, 0.2) is 0 Å². The molecule has 0 fully saturated rings. The van der Waals surface area contributed by atoms with Crippen LogP contribution in [-0.4, -0.2) is 24.4 Å². The topological polar surface area (TPSA) is 41.5 Å². The number of ether oxygens (including phenoxy) is 1. The molecule has 0 amide bonds. The summed E-state index contributed by atoms with van der Waals surface area (Å²) in [7, 11) is 1.68. The predicted octanol–water partition coefficient (Wildman–Crippen LogP) is 1.86. The van der Waals surface area contributed by atoms with E-state index < -0.39 is 5.60 Å². The molecule has 1 aromatic carbocycles. The van der Waals surface area contributed by atoms with E-state index in [1.165, 1.54) is 5.56 Å². The molecule has 16 heavy (non-hydrogen) atoms. The minimum Gasteiger partial charge on any atom is -0.496 e. The summed E-state index contributed by atoms with van der Waals surface area (Å²) in [5, 5.41) is 12.8. The lowest BCUT2D eigenvalue weighted by Crippen LogP contribution is -2.34. The van der Waals surface area contributed by atoms with Gasteiger partial charge in [-0.25, -0.2) is 0 Å². The van der Waals surface area contributed by atoms with Gasteiger partial charge in [-0.05, 0) is 38.0 Å². The molecule has 0 aliphatic heterocycles. The average molecular weight is 223 g/mol. The van der Waals surface area contributed by atoms with Crippen LogP contribution in [0.3, 0.4) is 0 Å². The molecule has 0 aromatic heterocycles. The highest BCUT2D eigenvalue weighted by Crippen LogP contribution is 2.18. The largest absolute Gasteiger partial charge is 0.496 e. The van der Waals surface area contributed by atoms with Crippen molar-refractivity contribution in [3.05, 3.63) is 29.3 Å². The van der Waals surface area contributed by atoms with Crippen molar-refractivity contribution in [2.24, 2.45) is 0 Å². The van der Waals surface area contributed by atoms with Crippen LogP contribution in [0.2, 0.25) is 0 Å². The summed E-state index contributed by atoms with van der Waals surface area (Å²) in [5.41, 5.74) is 1.66. The zero-order chi connectivity index (χ0) is 12.2. The highest BCUT2D eigenvalue weighted by atomic mass is 16.5. The second-order valence-corrected chi connectivity index (χ2v) is 4.72. The van der Waals surface area contributed by atoms with E-state index in [9.17, 15) is 5.11 Å². The Morgan fingerprint density at radius 1 is 1.38 bits per heavy atom. The van der Waals surface area contributed by atoms with Crippen molar-refractivity contribution in [3.63, 3.8) is 0 Å². The van der Waals surface area contributed by atoms with Gasteiger partial charge in [-0.15, -0.1) is 0 Å². The third kappa shape index (κ3) is 4.21. The highest BCUT2D eigenvalue weighted by molar-refractivity contribution is 5.36. The van der Waals surface area contributed by atoms with Crippen molar-refractivity contribution in [1.82, 2.24) is 5.32 Å². The van der Waals surface area contributed by atoms with E-state index in [4.69, 9.17) is 4.74 Å². The Labute approximate surface area is 97.4 Å². The Kier molecular flexibility index (Phi) is 4.33. The van der Waals surface area contributed by atoms with Gasteiger partial charge in [0.25, 0.3) is 0 Å². The first-order valence-corrected chi connectivity index (χ1v) is 5.49. The summed E-state index contributed by atoms with van der Waals surface area (Å²) < 4.78 is 5.20. The number of aliphatic hydroxyl groups is 1. The number of nitrogens with one attached hydrogen (secondary N) is 1. The molecule has 3 nitrogen and oxygen atoms in total. The molecule has 0 saturated carbocycles. The maximum Gasteiger partial charge on any atom is 0.121 e. The molecule has 0 spiro atoms. The molecule has 0 radical (unpaired) electrons. The van der Waals surface area contributed by atoms with Crippen LogP contribution in [0.1, 0.15) is 25.0 Å². The van der Waals surface area contributed by atoms with E-state index in [2.05, 4.69) is 11.4 Å². The summed E-state index contributed by atoms with van der Waals surface area (Å²) in [6.45, 7) is 6.95. The molecular weight excluding hydrogens is 202 g/mol. The van der Waals surface area contributed by atoms with Gasteiger partial charge in [0.05, 0.1) is 12.7 Å². The molecule has 0 aliphatic carbocycles. The molecule has 90 valence electrons. The fraction of sp³-hybridized carbons (Fsp3) is 0.538. The summed E-state index contributed by atoms with van der Waals surface area (Å²) in [4.78, 5) is 0. The second-order valence-electron chi connectivity index (χ2n) is 4.72. The van der Waals surface area contributed by atoms with Gasteiger partial charge in [-0.3, -0.25) is 0 Å². The zero-order valence-electron chi connectivity index (χ0n) is 10.5. The van der Waals surface area contributed by atoms with E-state index in [0.717, 1.165) is 17.9 Å². The van der Waals surface area contributed by atoms with Crippen LogP contribution < -0.4 is 10.1 Å². The van der Waals surface area contributed by atoms with Crippen LogP contribution in [0.25, 0.3) is 0 Å². The quantitative estimate of drug-likeness (QED) is 0.800. The summed E-state index contributed by atoms with van der Waals surface area (Å²) >= 11 is 0. The standard InChI is InChI=1S/C13H21NO2/c1-10-7-11(5-6-12(10)16-4)8-14-9-13(2,3)15/h5-7,14-15H,8-9H2,1-4H3. The highest BCUT2D eigenvalue weighted by Gasteiger charge is 2.11. The van der Waals surface area contributed by atoms with E-state index in [-0.39, 0.29) is 0 Å². The Morgan fingerprint density at radius 3 is 2.56 bits per heavy atom. The molecule has 0 atom stereocenters. The zero-order valence-corrected chi connectivity index (χ0v) is 10.5. The maximum absolute atomic E-state index is 9.55. The molecular formula is C13H21NO2. The third-order valence-corrected chi connectivity index (χ3v) is 2.35. The van der Waals surface area contributed by atoms with Gasteiger partial charge in [0.2, 0.25) is 0 Å². The van der Waals surface area contributed by atoms with Crippen molar-refractivity contribution in [2.75, 3.05) is 13.7 Å². The van der Waals surface area contributed by atoms with E-state index >= 15 is 0 Å². The second kappa shape index (κ2) is 5.32. The van der Waals surface area contributed by atoms with Gasteiger partial charge in [0, 0.05) is 13.1 Å². The molecule has 0 saturated heterocycles. The van der Waals surface area contributed by atoms with Crippen LogP contribution >= 0.6 is 0 Å². The summed E-state index contributed by atoms with van der Waals surface area (Å²) in [6.07, 6.45) is 0. The van der Waals surface area contributed by atoms with Crippen molar-refractivity contribution >= 4 is 0 Å². The molecule has 1 rings (SSSR count). The minimum atomic E-state index is -0.665. The molecule has 3 heteroatoms. The summed E-state index contributed by atoms with van der Waals surface area (Å²) in [6, 6.07) is 6.09. The molecule has 2 N–H and O–H groups in total. The number of hydrogen-bond donors (Lipinski definition) is 2. The average Bonchev–Trinajstić information content (AvgIpc) is 2.16. The fourth-order valence-electron chi connectivity index (χ4n) is 1.56. The smallest absolute Gasteiger partial charge is 0.121 e. The monoisotopic (exact) mass is 223 g/mol. The third-order valence-electron chi connectivity index (χ3n) is 2.35. The predicted molar refractivity (Wildman–Crippen MR) is 65.7 cm³/mol.